The third-order valence-electron chi connectivity index (χ3n) is 2.00. The van der Waals surface area contributed by atoms with Gasteiger partial charge in [0.25, 0.3) is 0 Å². The summed E-state index contributed by atoms with van der Waals surface area (Å²) in [5, 5.41) is 4.06. The number of hydrogen-bond donors (Lipinski definition) is 1. The molecule has 2 aromatic rings. The maximum Gasteiger partial charge on any atom is 0.138 e. The molecule has 0 fully saturated rings. The Morgan fingerprint density at radius 3 is 3.07 bits per heavy atom. The molecule has 2 N–H and O–H groups in total. The summed E-state index contributed by atoms with van der Waals surface area (Å²) in [5.74, 6) is 0. The first kappa shape index (κ1) is 9.61. The molecule has 15 heavy (non-hydrogen) atoms. The van der Waals surface area contributed by atoms with E-state index in [1.54, 1.807) is 11.0 Å². The van der Waals surface area contributed by atoms with Gasteiger partial charge in [-0.05, 0) is 17.7 Å². The molecule has 0 saturated carbocycles. The average molecular weight is 200 g/mol. The maximum absolute atomic E-state index is 5.39. The molecule has 4 nitrogen and oxygen atoms in total. The minimum atomic E-state index is 0.549. The van der Waals surface area contributed by atoms with Crippen LogP contribution in [0.2, 0.25) is 0 Å². The van der Waals surface area contributed by atoms with Gasteiger partial charge in [-0.25, -0.2) is 9.67 Å². The van der Waals surface area contributed by atoms with Crippen LogP contribution in [-0.4, -0.2) is 21.3 Å². The molecule has 2 rings (SSSR count). The van der Waals surface area contributed by atoms with Gasteiger partial charge in [-0.3, -0.25) is 0 Å². The van der Waals surface area contributed by atoms with E-state index >= 15 is 0 Å². The fourth-order valence-corrected chi connectivity index (χ4v) is 1.32. The van der Waals surface area contributed by atoms with E-state index in [2.05, 4.69) is 10.1 Å². The minimum absolute atomic E-state index is 0.549. The van der Waals surface area contributed by atoms with Crippen LogP contribution in [0, 0.1) is 0 Å². The third kappa shape index (κ3) is 2.30. The third-order valence-corrected chi connectivity index (χ3v) is 2.00. The van der Waals surface area contributed by atoms with Crippen LogP contribution in [0.4, 0.5) is 0 Å². The highest BCUT2D eigenvalue weighted by atomic mass is 15.3. The molecule has 0 aliphatic heterocycles. The Bertz CT molecular complexity index is 445. The zero-order valence-corrected chi connectivity index (χ0v) is 8.24. The summed E-state index contributed by atoms with van der Waals surface area (Å²) >= 11 is 0. The zero-order chi connectivity index (χ0) is 10.5. The smallest absolute Gasteiger partial charge is 0.138 e. The van der Waals surface area contributed by atoms with Crippen molar-refractivity contribution >= 4 is 6.08 Å². The van der Waals surface area contributed by atoms with E-state index in [9.17, 15) is 0 Å². The van der Waals surface area contributed by atoms with Gasteiger partial charge in [-0.2, -0.15) is 5.10 Å². The van der Waals surface area contributed by atoms with E-state index < -0.39 is 0 Å². The Kier molecular flexibility index (Phi) is 2.90. The van der Waals surface area contributed by atoms with Gasteiger partial charge in [-0.15, -0.1) is 0 Å². The molecule has 0 bridgehead atoms. The number of aromatic nitrogens is 3. The quantitative estimate of drug-likeness (QED) is 0.811. The lowest BCUT2D eigenvalue weighted by Crippen LogP contribution is -1.94. The molecule has 0 radical (unpaired) electrons. The van der Waals surface area contributed by atoms with Crippen molar-refractivity contribution in [2.75, 3.05) is 6.54 Å². The fourth-order valence-electron chi connectivity index (χ4n) is 1.32. The van der Waals surface area contributed by atoms with Crippen molar-refractivity contribution in [2.24, 2.45) is 5.73 Å². The van der Waals surface area contributed by atoms with E-state index in [-0.39, 0.29) is 0 Å². The van der Waals surface area contributed by atoms with E-state index in [4.69, 9.17) is 5.73 Å². The molecule has 0 amide bonds. The van der Waals surface area contributed by atoms with Gasteiger partial charge in [0, 0.05) is 6.54 Å². The van der Waals surface area contributed by atoms with Crippen LogP contribution in [0.1, 0.15) is 5.56 Å². The number of hydrogen-bond acceptors (Lipinski definition) is 3. The van der Waals surface area contributed by atoms with Crippen LogP contribution in [0.15, 0.2) is 43.0 Å². The van der Waals surface area contributed by atoms with Gasteiger partial charge in [0.05, 0.1) is 5.69 Å². The van der Waals surface area contributed by atoms with E-state index in [1.807, 2.05) is 36.4 Å². The van der Waals surface area contributed by atoms with Crippen molar-refractivity contribution in [3.8, 4) is 5.69 Å². The number of nitrogens with zero attached hydrogens (tertiary/aromatic N) is 3. The van der Waals surface area contributed by atoms with Gasteiger partial charge in [0.15, 0.2) is 0 Å². The monoisotopic (exact) mass is 200 g/mol. The second kappa shape index (κ2) is 4.52. The summed E-state index contributed by atoms with van der Waals surface area (Å²) in [6.45, 7) is 0.549. The molecule has 0 spiro atoms. The fraction of sp³-hybridized carbons (Fsp3) is 0.0909. The van der Waals surface area contributed by atoms with Crippen molar-refractivity contribution < 1.29 is 0 Å². The topological polar surface area (TPSA) is 56.7 Å². The van der Waals surface area contributed by atoms with Crippen molar-refractivity contribution in [1.82, 2.24) is 14.8 Å². The number of rotatable bonds is 3. The summed E-state index contributed by atoms with van der Waals surface area (Å²) in [6.07, 6.45) is 7.09. The largest absolute Gasteiger partial charge is 0.327 e. The molecule has 1 aromatic heterocycles. The first-order chi connectivity index (χ1) is 7.40. The number of nitrogens with two attached hydrogens (primary N) is 1. The normalized spacial score (nSPS) is 11.0. The van der Waals surface area contributed by atoms with Crippen LogP contribution >= 0.6 is 0 Å². The van der Waals surface area contributed by atoms with Crippen LogP contribution in [-0.2, 0) is 0 Å². The van der Waals surface area contributed by atoms with E-state index in [1.165, 1.54) is 6.33 Å². The Hall–Kier alpha value is -1.94. The standard InChI is InChI=1S/C11H12N4/c12-6-2-4-10-3-1-5-11(7-10)15-9-13-8-14-15/h1-5,7-9H,6,12H2/b4-2+. The second-order valence-corrected chi connectivity index (χ2v) is 3.07. The Morgan fingerprint density at radius 1 is 1.40 bits per heavy atom. The lowest BCUT2D eigenvalue weighted by molar-refractivity contribution is 0.878. The average Bonchev–Trinajstić information content (AvgIpc) is 2.80. The van der Waals surface area contributed by atoms with Crippen molar-refractivity contribution in [3.63, 3.8) is 0 Å². The molecule has 0 atom stereocenters. The van der Waals surface area contributed by atoms with Crippen LogP contribution in [0.3, 0.4) is 0 Å². The molecule has 0 unspecified atom stereocenters. The van der Waals surface area contributed by atoms with E-state index in [0.29, 0.717) is 6.54 Å². The maximum atomic E-state index is 5.39. The second-order valence-electron chi connectivity index (χ2n) is 3.07. The van der Waals surface area contributed by atoms with Crippen molar-refractivity contribution in [2.45, 2.75) is 0 Å². The number of benzene rings is 1. The molecular formula is C11H12N4. The summed E-state index contributed by atoms with van der Waals surface area (Å²) in [6, 6.07) is 8.01. The summed E-state index contributed by atoms with van der Waals surface area (Å²) in [5.41, 5.74) is 7.49. The van der Waals surface area contributed by atoms with Crippen molar-refractivity contribution in [1.29, 1.82) is 0 Å². The Labute approximate surface area is 88.1 Å². The lowest BCUT2D eigenvalue weighted by Gasteiger charge is -2.01. The summed E-state index contributed by atoms with van der Waals surface area (Å²) in [4.78, 5) is 3.90. The predicted molar refractivity (Wildman–Crippen MR) is 59.4 cm³/mol. The summed E-state index contributed by atoms with van der Waals surface area (Å²) < 4.78 is 1.72. The molecule has 1 aromatic carbocycles. The first-order valence-electron chi connectivity index (χ1n) is 4.72. The van der Waals surface area contributed by atoms with Gasteiger partial charge in [0.1, 0.15) is 12.7 Å². The van der Waals surface area contributed by atoms with Gasteiger partial charge in [-0.1, -0.05) is 24.3 Å². The highest BCUT2D eigenvalue weighted by Crippen LogP contribution is 2.09. The first-order valence-corrected chi connectivity index (χ1v) is 4.72. The van der Waals surface area contributed by atoms with Crippen LogP contribution in [0.25, 0.3) is 11.8 Å². The molecule has 0 aliphatic carbocycles. The van der Waals surface area contributed by atoms with Gasteiger partial charge < -0.3 is 5.73 Å². The molecule has 0 saturated heterocycles. The van der Waals surface area contributed by atoms with E-state index in [0.717, 1.165) is 11.3 Å². The van der Waals surface area contributed by atoms with Crippen LogP contribution < -0.4 is 5.73 Å². The highest BCUT2D eigenvalue weighted by molar-refractivity contribution is 5.53. The van der Waals surface area contributed by atoms with Crippen LogP contribution in [0.5, 0.6) is 0 Å². The molecule has 4 heteroatoms. The Morgan fingerprint density at radius 2 is 2.33 bits per heavy atom. The summed E-state index contributed by atoms with van der Waals surface area (Å²) in [7, 11) is 0. The molecule has 1 heterocycles. The SMILES string of the molecule is NC/C=C/c1cccc(-n2cncn2)c1. The molecule has 76 valence electrons. The minimum Gasteiger partial charge on any atom is -0.327 e. The molecule has 0 aliphatic rings. The lowest BCUT2D eigenvalue weighted by atomic mass is 10.2. The zero-order valence-electron chi connectivity index (χ0n) is 8.24. The van der Waals surface area contributed by atoms with Crippen molar-refractivity contribution in [3.05, 3.63) is 48.6 Å². The predicted octanol–water partition coefficient (Wildman–Crippen LogP) is 1.24. The van der Waals surface area contributed by atoms with Gasteiger partial charge in [0.2, 0.25) is 0 Å². The van der Waals surface area contributed by atoms with Gasteiger partial charge >= 0.3 is 0 Å². The molecular weight excluding hydrogens is 188 g/mol. The highest BCUT2D eigenvalue weighted by Gasteiger charge is 1.96. The Balaban J connectivity index is 2.31.